The maximum atomic E-state index is 5.97. The van der Waals surface area contributed by atoms with Gasteiger partial charge in [0.1, 0.15) is 0 Å². The van der Waals surface area contributed by atoms with Crippen molar-refractivity contribution in [3.05, 3.63) is 71.3 Å². The van der Waals surface area contributed by atoms with Crippen LogP contribution in [0.25, 0.3) is 0 Å². The summed E-state index contributed by atoms with van der Waals surface area (Å²) >= 11 is 0. The smallest absolute Gasteiger partial charge is 0.000157 e. The summed E-state index contributed by atoms with van der Waals surface area (Å²) in [6.07, 6.45) is 2.16. The molecule has 2 aromatic carbocycles. The molecule has 0 saturated heterocycles. The molecular formula is C19H25N. The standard InChI is InChI=1S/C19H25N/c1-15(2)12-17-8-10-18(11-9-17)19(14-20)13-16-6-4-3-5-7-16/h3-11,15,19H,12-14,20H2,1-2H3/t19-/m0/s1. The Morgan fingerprint density at radius 2 is 1.40 bits per heavy atom. The van der Waals surface area contributed by atoms with E-state index in [1.807, 2.05) is 0 Å². The first-order chi connectivity index (χ1) is 9.69. The minimum atomic E-state index is 0.408. The molecule has 0 spiro atoms. The molecule has 0 aromatic heterocycles. The van der Waals surface area contributed by atoms with Gasteiger partial charge in [-0.1, -0.05) is 68.4 Å². The van der Waals surface area contributed by atoms with Gasteiger partial charge in [0.2, 0.25) is 0 Å². The van der Waals surface area contributed by atoms with Gasteiger partial charge in [0, 0.05) is 5.92 Å². The van der Waals surface area contributed by atoms with E-state index in [-0.39, 0.29) is 0 Å². The highest BCUT2D eigenvalue weighted by Gasteiger charge is 2.10. The Hall–Kier alpha value is -1.60. The molecule has 2 rings (SSSR count). The van der Waals surface area contributed by atoms with Gasteiger partial charge >= 0.3 is 0 Å². The zero-order valence-corrected chi connectivity index (χ0v) is 12.5. The molecule has 1 atom stereocenters. The average molecular weight is 267 g/mol. The third-order valence-electron chi connectivity index (χ3n) is 3.70. The second-order valence-corrected chi connectivity index (χ2v) is 5.96. The number of benzene rings is 2. The van der Waals surface area contributed by atoms with Crippen molar-refractivity contribution in [1.82, 2.24) is 0 Å². The normalized spacial score (nSPS) is 12.6. The van der Waals surface area contributed by atoms with Crippen LogP contribution in [-0.4, -0.2) is 6.54 Å². The summed E-state index contributed by atoms with van der Waals surface area (Å²) in [4.78, 5) is 0. The number of nitrogens with two attached hydrogens (primary N) is 1. The molecule has 0 heterocycles. The molecule has 0 amide bonds. The molecule has 106 valence electrons. The molecule has 0 saturated carbocycles. The van der Waals surface area contributed by atoms with Crippen molar-refractivity contribution < 1.29 is 0 Å². The summed E-state index contributed by atoms with van der Waals surface area (Å²) in [7, 11) is 0. The van der Waals surface area contributed by atoms with Gasteiger partial charge in [-0.25, -0.2) is 0 Å². The molecule has 0 aliphatic carbocycles. The first-order valence-corrected chi connectivity index (χ1v) is 7.52. The van der Waals surface area contributed by atoms with E-state index in [4.69, 9.17) is 5.73 Å². The highest BCUT2D eigenvalue weighted by atomic mass is 14.5. The fourth-order valence-corrected chi connectivity index (χ4v) is 2.63. The summed E-state index contributed by atoms with van der Waals surface area (Å²) in [6, 6.07) is 19.6. The van der Waals surface area contributed by atoms with Gasteiger partial charge in [-0.3, -0.25) is 0 Å². The van der Waals surface area contributed by atoms with Crippen molar-refractivity contribution in [3.63, 3.8) is 0 Å². The summed E-state index contributed by atoms with van der Waals surface area (Å²) in [5, 5.41) is 0. The zero-order valence-electron chi connectivity index (χ0n) is 12.5. The highest BCUT2D eigenvalue weighted by Crippen LogP contribution is 2.21. The lowest BCUT2D eigenvalue weighted by atomic mass is 9.91. The first-order valence-electron chi connectivity index (χ1n) is 7.52. The largest absolute Gasteiger partial charge is 0.330 e. The molecule has 1 nitrogen and oxygen atoms in total. The lowest BCUT2D eigenvalue weighted by molar-refractivity contribution is 0.645. The highest BCUT2D eigenvalue weighted by molar-refractivity contribution is 5.28. The molecule has 0 bridgehead atoms. The second-order valence-electron chi connectivity index (χ2n) is 5.96. The first kappa shape index (κ1) is 14.8. The molecule has 1 heteroatoms. The lowest BCUT2D eigenvalue weighted by Crippen LogP contribution is -2.15. The van der Waals surface area contributed by atoms with E-state index in [1.54, 1.807) is 0 Å². The monoisotopic (exact) mass is 267 g/mol. The quantitative estimate of drug-likeness (QED) is 0.835. The van der Waals surface area contributed by atoms with Crippen molar-refractivity contribution in [3.8, 4) is 0 Å². The molecule has 2 aromatic rings. The second kappa shape index (κ2) is 7.25. The van der Waals surface area contributed by atoms with Crippen molar-refractivity contribution in [2.45, 2.75) is 32.6 Å². The van der Waals surface area contributed by atoms with Gasteiger partial charge in [0.15, 0.2) is 0 Å². The summed E-state index contributed by atoms with van der Waals surface area (Å²) in [5.41, 5.74) is 10.1. The number of hydrogen-bond acceptors (Lipinski definition) is 1. The molecule has 0 aliphatic heterocycles. The predicted octanol–water partition coefficient (Wildman–Crippen LogP) is 4.17. The van der Waals surface area contributed by atoms with Crippen LogP contribution in [0.5, 0.6) is 0 Å². The zero-order chi connectivity index (χ0) is 14.4. The van der Waals surface area contributed by atoms with Gasteiger partial charge in [-0.05, 0) is 42.0 Å². The van der Waals surface area contributed by atoms with Crippen LogP contribution in [-0.2, 0) is 12.8 Å². The van der Waals surface area contributed by atoms with Crippen LogP contribution in [0, 0.1) is 5.92 Å². The van der Waals surface area contributed by atoms with Crippen molar-refractivity contribution in [2.24, 2.45) is 11.7 Å². The Morgan fingerprint density at radius 1 is 0.800 bits per heavy atom. The van der Waals surface area contributed by atoms with Gasteiger partial charge < -0.3 is 5.73 Å². The Balaban J connectivity index is 2.07. The third-order valence-corrected chi connectivity index (χ3v) is 3.70. The Bertz CT molecular complexity index is 499. The van der Waals surface area contributed by atoms with Crippen molar-refractivity contribution in [1.29, 1.82) is 0 Å². The topological polar surface area (TPSA) is 26.0 Å². The lowest BCUT2D eigenvalue weighted by Gasteiger charge is -2.16. The average Bonchev–Trinajstić information content (AvgIpc) is 2.46. The maximum Gasteiger partial charge on any atom is 0.000157 e. The van der Waals surface area contributed by atoms with Gasteiger partial charge in [-0.2, -0.15) is 0 Å². The fraction of sp³-hybridized carbons (Fsp3) is 0.368. The third kappa shape index (κ3) is 4.21. The Kier molecular flexibility index (Phi) is 5.37. The fourth-order valence-electron chi connectivity index (χ4n) is 2.63. The molecule has 0 unspecified atom stereocenters. The summed E-state index contributed by atoms with van der Waals surface area (Å²) in [5.74, 6) is 1.11. The Labute approximate surface area is 122 Å². The van der Waals surface area contributed by atoms with Gasteiger partial charge in [0.25, 0.3) is 0 Å². The van der Waals surface area contributed by atoms with E-state index in [2.05, 4.69) is 68.4 Å². The van der Waals surface area contributed by atoms with E-state index in [9.17, 15) is 0 Å². The molecule has 0 fully saturated rings. The Morgan fingerprint density at radius 3 is 1.95 bits per heavy atom. The minimum Gasteiger partial charge on any atom is -0.330 e. The number of rotatable bonds is 6. The predicted molar refractivity (Wildman–Crippen MR) is 86.9 cm³/mol. The van der Waals surface area contributed by atoms with Crippen LogP contribution in [0.2, 0.25) is 0 Å². The van der Waals surface area contributed by atoms with Crippen LogP contribution in [0.15, 0.2) is 54.6 Å². The summed E-state index contributed by atoms with van der Waals surface area (Å²) < 4.78 is 0. The van der Waals surface area contributed by atoms with Gasteiger partial charge in [-0.15, -0.1) is 0 Å². The van der Waals surface area contributed by atoms with Gasteiger partial charge in [0.05, 0.1) is 0 Å². The molecule has 20 heavy (non-hydrogen) atoms. The SMILES string of the molecule is CC(C)Cc1ccc([C@H](CN)Cc2ccccc2)cc1. The van der Waals surface area contributed by atoms with E-state index in [0.29, 0.717) is 18.4 Å². The van der Waals surface area contributed by atoms with Crippen molar-refractivity contribution in [2.75, 3.05) is 6.54 Å². The molecule has 0 aliphatic rings. The molecule has 0 radical (unpaired) electrons. The van der Waals surface area contributed by atoms with Crippen LogP contribution >= 0.6 is 0 Å². The molecular weight excluding hydrogens is 242 g/mol. The van der Waals surface area contributed by atoms with Crippen LogP contribution in [0.4, 0.5) is 0 Å². The van der Waals surface area contributed by atoms with Crippen LogP contribution in [0.1, 0.15) is 36.5 Å². The number of hydrogen-bond donors (Lipinski definition) is 1. The van der Waals surface area contributed by atoms with Crippen LogP contribution < -0.4 is 5.73 Å². The van der Waals surface area contributed by atoms with E-state index >= 15 is 0 Å². The van der Waals surface area contributed by atoms with E-state index < -0.39 is 0 Å². The minimum absolute atomic E-state index is 0.408. The molecule has 2 N–H and O–H groups in total. The van der Waals surface area contributed by atoms with Crippen molar-refractivity contribution >= 4 is 0 Å². The maximum absolute atomic E-state index is 5.97. The van der Waals surface area contributed by atoms with E-state index in [1.165, 1.54) is 16.7 Å². The van der Waals surface area contributed by atoms with Crippen LogP contribution in [0.3, 0.4) is 0 Å². The summed E-state index contributed by atoms with van der Waals surface area (Å²) in [6.45, 7) is 5.20. The van der Waals surface area contributed by atoms with E-state index in [0.717, 1.165) is 12.8 Å².